The molecule has 2 aromatic heterocycles. The summed E-state index contributed by atoms with van der Waals surface area (Å²) in [5.41, 5.74) is -4.89. The summed E-state index contributed by atoms with van der Waals surface area (Å²) in [6.07, 6.45) is -7.32. The monoisotopic (exact) mass is 531 g/mol. The number of alkyl halides is 8. The minimum absolute atomic E-state index is 0.0253. The molecular weight excluding hydrogens is 518 g/mol. The molecule has 1 amide bonds. The highest BCUT2D eigenvalue weighted by Crippen LogP contribution is 2.36. The molecule has 3 rings (SSSR count). The van der Waals surface area contributed by atoms with Crippen LogP contribution in [0.1, 0.15) is 24.4 Å². The van der Waals surface area contributed by atoms with Crippen LogP contribution >= 0.6 is 11.6 Å². The first kappa shape index (κ1) is 26.4. The van der Waals surface area contributed by atoms with Gasteiger partial charge in [-0.3, -0.25) is 14.3 Å². The number of carbonyl (C=O) groups excluding carboxylic acids is 1. The van der Waals surface area contributed by atoms with Crippen molar-refractivity contribution < 1.29 is 39.9 Å². The third-order valence-electron chi connectivity index (χ3n) is 4.83. The number of pyridine rings is 1. The van der Waals surface area contributed by atoms with E-state index < -0.39 is 69.8 Å². The number of amides is 1. The molecule has 0 aliphatic heterocycles. The molecule has 0 unspecified atom stereocenters. The number of halogens is 9. The Kier molecular flexibility index (Phi) is 6.85. The predicted molar refractivity (Wildman–Crippen MR) is 105 cm³/mol. The quantitative estimate of drug-likeness (QED) is 0.590. The van der Waals surface area contributed by atoms with Crippen LogP contribution in [0.2, 0.25) is 5.02 Å². The third-order valence-corrected chi connectivity index (χ3v) is 5.11. The predicted octanol–water partition coefficient (Wildman–Crippen LogP) is 4.06. The van der Waals surface area contributed by atoms with Gasteiger partial charge in [-0.1, -0.05) is 23.8 Å². The van der Waals surface area contributed by atoms with Crippen molar-refractivity contribution in [2.24, 2.45) is 7.05 Å². The fraction of sp³-hybridized carbons (Fsp3) is 0.368. The number of hydrogen-bond donors (Lipinski definition) is 1. The van der Waals surface area contributed by atoms with Gasteiger partial charge in [0.05, 0.1) is 29.0 Å². The van der Waals surface area contributed by atoms with Crippen LogP contribution in [0.15, 0.2) is 40.4 Å². The van der Waals surface area contributed by atoms with Crippen LogP contribution in [0.25, 0.3) is 5.69 Å². The molecular formula is C19H14ClF8N5O2. The Hall–Kier alpha value is -3.23. The smallest absolute Gasteiger partial charge is 0.346 e. The van der Waals surface area contributed by atoms with Crippen molar-refractivity contribution in [3.05, 3.63) is 62.6 Å². The first-order valence-electron chi connectivity index (χ1n) is 9.57. The molecule has 0 saturated heterocycles. The maximum absolute atomic E-state index is 14.7. The van der Waals surface area contributed by atoms with Crippen molar-refractivity contribution in [2.75, 3.05) is 6.54 Å². The lowest BCUT2D eigenvalue weighted by Gasteiger charge is -2.21. The van der Waals surface area contributed by atoms with Crippen LogP contribution < -0.4 is 11.0 Å². The van der Waals surface area contributed by atoms with Crippen molar-refractivity contribution in [2.45, 2.75) is 31.1 Å². The number of aromatic nitrogens is 4. The minimum Gasteiger partial charge on any atom is -0.346 e. The molecule has 0 fully saturated rings. The molecule has 35 heavy (non-hydrogen) atoms. The van der Waals surface area contributed by atoms with Crippen LogP contribution in [-0.2, 0) is 23.9 Å². The normalized spacial score (nSPS) is 15.0. The second kappa shape index (κ2) is 9.09. The minimum atomic E-state index is -4.98. The zero-order valence-electron chi connectivity index (χ0n) is 17.4. The van der Waals surface area contributed by atoms with Gasteiger partial charge in [-0.2, -0.15) is 39.8 Å². The van der Waals surface area contributed by atoms with Crippen molar-refractivity contribution in [1.29, 1.82) is 0 Å². The highest BCUT2D eigenvalue weighted by atomic mass is 35.5. The SMILES string of the molecule is Cn1c(C(F)(F)F)nn(-c2cnc(C(F)(F)CNC(=O)C3=CCCC=C3C(F)(F)F)c(Cl)c2)c1=O. The number of nitrogens with zero attached hydrogens (tertiary/aromatic N) is 4. The third kappa shape index (κ3) is 5.39. The summed E-state index contributed by atoms with van der Waals surface area (Å²) in [6, 6.07) is 0.711. The highest BCUT2D eigenvalue weighted by molar-refractivity contribution is 6.31. The van der Waals surface area contributed by atoms with E-state index in [1.165, 1.54) is 0 Å². The van der Waals surface area contributed by atoms with E-state index in [0.717, 1.165) is 19.2 Å². The lowest BCUT2D eigenvalue weighted by Crippen LogP contribution is -2.38. The van der Waals surface area contributed by atoms with Gasteiger partial charge in [0.25, 0.3) is 5.91 Å². The maximum Gasteiger partial charge on any atom is 0.451 e. The van der Waals surface area contributed by atoms with Gasteiger partial charge in [-0.15, -0.1) is 5.10 Å². The molecule has 1 aliphatic rings. The fourth-order valence-corrected chi connectivity index (χ4v) is 3.49. The first-order valence-corrected chi connectivity index (χ1v) is 9.95. The van der Waals surface area contributed by atoms with Gasteiger partial charge in [-0.05, 0) is 18.9 Å². The molecule has 0 bridgehead atoms. The van der Waals surface area contributed by atoms with Gasteiger partial charge in [0.15, 0.2) is 0 Å². The maximum atomic E-state index is 14.7. The molecule has 2 aromatic rings. The molecule has 0 saturated carbocycles. The van der Waals surface area contributed by atoms with E-state index in [1.807, 2.05) is 0 Å². The summed E-state index contributed by atoms with van der Waals surface area (Å²) >= 11 is 5.80. The molecule has 2 heterocycles. The Morgan fingerprint density at radius 1 is 1.09 bits per heavy atom. The average molecular weight is 532 g/mol. The second-order valence-electron chi connectivity index (χ2n) is 7.30. The van der Waals surface area contributed by atoms with E-state index >= 15 is 0 Å². The standard InChI is InChI=1S/C19H14ClF8N5O2/c1-32-15(19(26,27)28)31-33(16(32)35)9-6-12(20)13(29-7-9)17(21,22)8-30-14(34)10-4-2-3-5-11(10)18(23,24)25/h4-7H,2-3,8H2,1H3,(H,30,34). The van der Waals surface area contributed by atoms with Gasteiger partial charge < -0.3 is 5.32 Å². The number of allylic oxidation sites excluding steroid dienone is 2. The van der Waals surface area contributed by atoms with Crippen molar-refractivity contribution in [3.63, 3.8) is 0 Å². The summed E-state index contributed by atoms with van der Waals surface area (Å²) in [6.45, 7) is -1.48. The second-order valence-corrected chi connectivity index (χ2v) is 7.70. The molecule has 1 N–H and O–H groups in total. The van der Waals surface area contributed by atoms with Crippen LogP contribution in [0, 0.1) is 0 Å². The lowest BCUT2D eigenvalue weighted by atomic mass is 9.96. The summed E-state index contributed by atoms with van der Waals surface area (Å²) in [5, 5.41) is 4.04. The van der Waals surface area contributed by atoms with Gasteiger partial charge in [0, 0.05) is 12.6 Å². The molecule has 0 aromatic carbocycles. The van der Waals surface area contributed by atoms with Crippen LogP contribution in [0.5, 0.6) is 0 Å². The zero-order chi connectivity index (χ0) is 26.3. The first-order chi connectivity index (χ1) is 16.0. The van der Waals surface area contributed by atoms with Gasteiger partial charge >= 0.3 is 24.0 Å². The number of rotatable bonds is 5. The van der Waals surface area contributed by atoms with Crippen molar-refractivity contribution in [3.8, 4) is 5.69 Å². The molecule has 7 nitrogen and oxygen atoms in total. The summed E-state index contributed by atoms with van der Waals surface area (Å²) in [5.74, 6) is -6.94. The molecule has 16 heteroatoms. The topological polar surface area (TPSA) is 81.8 Å². The molecule has 0 radical (unpaired) electrons. The lowest BCUT2D eigenvalue weighted by molar-refractivity contribution is -0.147. The Bertz CT molecular complexity index is 1270. The van der Waals surface area contributed by atoms with Crippen molar-refractivity contribution >= 4 is 17.5 Å². The van der Waals surface area contributed by atoms with E-state index in [0.29, 0.717) is 12.3 Å². The number of nitrogens with one attached hydrogen (secondary N) is 1. The Balaban J connectivity index is 1.82. The van der Waals surface area contributed by atoms with Crippen LogP contribution in [-0.4, -0.2) is 38.0 Å². The molecule has 0 spiro atoms. The van der Waals surface area contributed by atoms with Crippen LogP contribution in [0.4, 0.5) is 35.1 Å². The van der Waals surface area contributed by atoms with Gasteiger partial charge in [0.2, 0.25) is 5.82 Å². The van der Waals surface area contributed by atoms with Gasteiger partial charge in [0.1, 0.15) is 5.69 Å². The number of carbonyl (C=O) groups is 1. The summed E-state index contributed by atoms with van der Waals surface area (Å²) in [4.78, 5) is 27.6. The molecule has 1 aliphatic carbocycles. The fourth-order valence-electron chi connectivity index (χ4n) is 3.19. The van der Waals surface area contributed by atoms with E-state index in [-0.39, 0.29) is 22.1 Å². The average Bonchev–Trinajstić information content (AvgIpc) is 3.06. The van der Waals surface area contributed by atoms with Gasteiger partial charge in [-0.25, -0.2) is 4.79 Å². The zero-order valence-corrected chi connectivity index (χ0v) is 18.2. The largest absolute Gasteiger partial charge is 0.451 e. The summed E-state index contributed by atoms with van der Waals surface area (Å²) < 4.78 is 108. The summed E-state index contributed by atoms with van der Waals surface area (Å²) in [7, 11) is 0.802. The number of hydrogen-bond acceptors (Lipinski definition) is 4. The van der Waals surface area contributed by atoms with Crippen molar-refractivity contribution in [1.82, 2.24) is 24.6 Å². The molecule has 190 valence electrons. The Morgan fingerprint density at radius 2 is 1.71 bits per heavy atom. The highest BCUT2D eigenvalue weighted by Gasteiger charge is 2.41. The van der Waals surface area contributed by atoms with E-state index in [9.17, 15) is 44.7 Å². The van der Waals surface area contributed by atoms with E-state index in [4.69, 9.17) is 11.6 Å². The van der Waals surface area contributed by atoms with E-state index in [2.05, 4.69) is 10.1 Å². The molecule has 0 atom stereocenters. The van der Waals surface area contributed by atoms with E-state index in [1.54, 1.807) is 5.32 Å². The Morgan fingerprint density at radius 3 is 2.26 bits per heavy atom. The Labute approximate surface area is 195 Å². The van der Waals surface area contributed by atoms with Crippen LogP contribution in [0.3, 0.4) is 0 Å².